The van der Waals surface area contributed by atoms with Crippen LogP contribution in [0.15, 0.2) is 66.9 Å². The summed E-state index contributed by atoms with van der Waals surface area (Å²) < 4.78 is 12.0. The summed E-state index contributed by atoms with van der Waals surface area (Å²) in [5.41, 5.74) is 4.72. The lowest BCUT2D eigenvalue weighted by Crippen LogP contribution is -2.36. The maximum Gasteiger partial charge on any atom is 0.262 e. The molecule has 1 aromatic heterocycles. The van der Waals surface area contributed by atoms with E-state index < -0.39 is 5.91 Å². The first-order chi connectivity index (χ1) is 25.5. The molecule has 53 heavy (non-hydrogen) atoms. The van der Waals surface area contributed by atoms with Gasteiger partial charge in [-0.2, -0.15) is 4.98 Å². The number of aryl methyl sites for hydroxylation is 3. The van der Waals surface area contributed by atoms with Crippen molar-refractivity contribution in [2.75, 3.05) is 51.0 Å². The number of likely N-dealkylation sites (N-methyl/N-ethyl adjacent to an activating group) is 2. The second-order valence-corrected chi connectivity index (χ2v) is 13.1. The van der Waals surface area contributed by atoms with Gasteiger partial charge in [0.2, 0.25) is 17.7 Å². The molecule has 0 aliphatic rings. The lowest BCUT2D eigenvalue weighted by Gasteiger charge is -2.23. The average molecular weight is 724 g/mol. The van der Waals surface area contributed by atoms with Gasteiger partial charge in [0.15, 0.2) is 11.5 Å². The molecule has 0 aliphatic carbocycles. The van der Waals surface area contributed by atoms with Crippen LogP contribution in [0.25, 0.3) is 0 Å². The molecule has 0 radical (unpaired) electrons. The molecule has 4 aromatic rings. The number of rotatable bonds is 18. The summed E-state index contributed by atoms with van der Waals surface area (Å²) in [7, 11) is 3.34. The summed E-state index contributed by atoms with van der Waals surface area (Å²) >= 11 is 0. The minimum atomic E-state index is -0.445. The minimum absolute atomic E-state index is 0.00634. The zero-order valence-electron chi connectivity index (χ0n) is 32.2. The number of carbonyl (C=O) groups excluding carboxylic acids is 3. The van der Waals surface area contributed by atoms with Crippen molar-refractivity contribution in [1.29, 1.82) is 0 Å². The highest BCUT2D eigenvalue weighted by Gasteiger charge is 2.21. The number of amides is 3. The summed E-state index contributed by atoms with van der Waals surface area (Å²) in [4.78, 5) is 52.2. The maximum absolute atomic E-state index is 13.7. The van der Waals surface area contributed by atoms with Crippen LogP contribution in [0, 0.1) is 13.8 Å². The average Bonchev–Trinajstić information content (AvgIpc) is 3.16. The summed E-state index contributed by atoms with van der Waals surface area (Å²) in [6.07, 6.45) is 3.12. The number of nitrogens with zero attached hydrogens (tertiary/aromatic N) is 4. The number of benzene rings is 3. The van der Waals surface area contributed by atoms with Crippen molar-refractivity contribution in [3.05, 3.63) is 94.7 Å². The van der Waals surface area contributed by atoms with Gasteiger partial charge < -0.3 is 35.2 Å². The lowest BCUT2D eigenvalue weighted by atomic mass is 10.1. The lowest BCUT2D eigenvalue weighted by molar-refractivity contribution is -0.121. The number of aromatic nitrogens is 2. The number of nitrogens with one attached hydrogen (secondary N) is 3. The Morgan fingerprint density at radius 3 is 2.25 bits per heavy atom. The molecule has 4 rings (SSSR count). The van der Waals surface area contributed by atoms with Crippen LogP contribution in [0.3, 0.4) is 0 Å². The fraction of sp³-hybridized carbons (Fsp3) is 0.390. The number of carbonyl (C=O) groups is 3. The SMILES string of the molecule is CC[C@@H](C)NC(=O)CCc1ccc(Oc2nc(Nc3ccc(C(=O)N(C)CCN(CC)CC)cc3)ncc2C(=O)Nc2c(C)cccc2C)c(OC)c1. The molecule has 0 aliphatic heterocycles. The molecule has 3 aromatic carbocycles. The molecule has 0 saturated carbocycles. The van der Waals surface area contributed by atoms with Gasteiger partial charge in [-0.05, 0) is 99.8 Å². The molecule has 1 atom stereocenters. The Balaban J connectivity index is 1.58. The van der Waals surface area contributed by atoms with E-state index in [4.69, 9.17) is 9.47 Å². The van der Waals surface area contributed by atoms with E-state index in [1.165, 1.54) is 13.3 Å². The second-order valence-electron chi connectivity index (χ2n) is 13.1. The number of anilines is 3. The minimum Gasteiger partial charge on any atom is -0.493 e. The highest BCUT2D eigenvalue weighted by molar-refractivity contribution is 6.06. The first-order valence-electron chi connectivity index (χ1n) is 18.2. The van der Waals surface area contributed by atoms with Gasteiger partial charge in [0, 0.05) is 55.7 Å². The van der Waals surface area contributed by atoms with Gasteiger partial charge in [0.1, 0.15) is 5.56 Å². The topological polar surface area (TPSA) is 138 Å². The van der Waals surface area contributed by atoms with Gasteiger partial charge in [0.25, 0.3) is 11.8 Å². The van der Waals surface area contributed by atoms with Crippen molar-refractivity contribution in [2.24, 2.45) is 0 Å². The molecular formula is C41H53N7O5. The van der Waals surface area contributed by atoms with Crippen molar-refractivity contribution >= 4 is 35.0 Å². The number of ether oxygens (including phenoxy) is 2. The first kappa shape index (κ1) is 40.3. The maximum atomic E-state index is 13.7. The van der Waals surface area contributed by atoms with Crippen molar-refractivity contribution in [3.63, 3.8) is 0 Å². The fourth-order valence-electron chi connectivity index (χ4n) is 5.59. The molecule has 282 valence electrons. The van der Waals surface area contributed by atoms with E-state index in [1.807, 2.05) is 65.1 Å². The van der Waals surface area contributed by atoms with Crippen molar-refractivity contribution < 1.29 is 23.9 Å². The predicted octanol–water partition coefficient (Wildman–Crippen LogP) is 7.15. The van der Waals surface area contributed by atoms with Crippen LogP contribution in [0.1, 0.15) is 77.9 Å². The molecule has 12 heteroatoms. The predicted molar refractivity (Wildman–Crippen MR) is 210 cm³/mol. The molecule has 0 fully saturated rings. The highest BCUT2D eigenvalue weighted by Crippen LogP contribution is 2.34. The molecule has 0 unspecified atom stereocenters. The van der Waals surface area contributed by atoms with Gasteiger partial charge in [-0.15, -0.1) is 0 Å². The van der Waals surface area contributed by atoms with E-state index in [2.05, 4.69) is 44.7 Å². The molecule has 3 amide bonds. The molecule has 0 bridgehead atoms. The Bertz CT molecular complexity index is 1840. The molecule has 3 N–H and O–H groups in total. The zero-order chi connectivity index (χ0) is 38.5. The first-order valence-corrected chi connectivity index (χ1v) is 18.2. The number of methoxy groups -OCH3 is 1. The van der Waals surface area contributed by atoms with Gasteiger partial charge in [0.05, 0.1) is 7.11 Å². The van der Waals surface area contributed by atoms with E-state index in [9.17, 15) is 14.4 Å². The number of para-hydroxylation sites is 1. The Kier molecular flexibility index (Phi) is 14.7. The van der Waals surface area contributed by atoms with E-state index in [1.54, 1.807) is 35.2 Å². The van der Waals surface area contributed by atoms with E-state index in [-0.39, 0.29) is 35.2 Å². The monoisotopic (exact) mass is 723 g/mol. The van der Waals surface area contributed by atoms with Crippen LogP contribution in [0.5, 0.6) is 17.4 Å². The molecule has 0 saturated heterocycles. The summed E-state index contributed by atoms with van der Waals surface area (Å²) in [5, 5.41) is 9.14. The van der Waals surface area contributed by atoms with E-state index in [0.29, 0.717) is 47.8 Å². The van der Waals surface area contributed by atoms with Gasteiger partial charge in [-0.1, -0.05) is 45.0 Å². The van der Waals surface area contributed by atoms with Crippen molar-refractivity contribution in [1.82, 2.24) is 25.1 Å². The smallest absolute Gasteiger partial charge is 0.262 e. The second kappa shape index (κ2) is 19.4. The highest BCUT2D eigenvalue weighted by atomic mass is 16.5. The standard InChI is InChI=1S/C41H53N7O5/c1-9-29(6)43-36(49)22-16-30-15-21-34(35(25-30)52-8)53-39-33(38(50)45-37-27(4)13-12-14-28(37)5)26-42-41(46-39)44-32-19-17-31(18-20-32)40(51)47(7)23-24-48(10-2)11-3/h12-15,17-21,25-26,29H,9-11,16,22-24H2,1-8H3,(H,43,49)(H,45,50)(H,42,44,46)/t29-/m1/s1. The normalized spacial score (nSPS) is 11.5. The molecule has 0 spiro atoms. The molecular weight excluding hydrogens is 670 g/mol. The molecule has 1 heterocycles. The quantitative estimate of drug-likeness (QED) is 0.0977. The third-order valence-corrected chi connectivity index (χ3v) is 9.19. The van der Waals surface area contributed by atoms with Crippen LogP contribution in [0.2, 0.25) is 0 Å². The van der Waals surface area contributed by atoms with E-state index >= 15 is 0 Å². The summed E-state index contributed by atoms with van der Waals surface area (Å²) in [6, 6.07) is 18.4. The Labute approximate surface area is 313 Å². The Morgan fingerprint density at radius 1 is 0.906 bits per heavy atom. The van der Waals surface area contributed by atoms with Crippen molar-refractivity contribution in [2.45, 2.75) is 66.8 Å². The van der Waals surface area contributed by atoms with Crippen molar-refractivity contribution in [3.8, 4) is 17.4 Å². The summed E-state index contributed by atoms with van der Waals surface area (Å²) in [5.74, 6) is 0.414. The van der Waals surface area contributed by atoms with Crippen LogP contribution in [-0.4, -0.2) is 83.9 Å². The largest absolute Gasteiger partial charge is 0.493 e. The number of hydrogen-bond acceptors (Lipinski definition) is 9. The zero-order valence-corrected chi connectivity index (χ0v) is 32.2. The van der Waals surface area contributed by atoms with Crippen LogP contribution in [0.4, 0.5) is 17.3 Å². The summed E-state index contributed by atoms with van der Waals surface area (Å²) in [6.45, 7) is 15.4. The van der Waals surface area contributed by atoms with Gasteiger partial charge in [-0.25, -0.2) is 4.98 Å². The fourth-order valence-corrected chi connectivity index (χ4v) is 5.59. The van der Waals surface area contributed by atoms with E-state index in [0.717, 1.165) is 42.7 Å². The number of hydrogen-bond donors (Lipinski definition) is 3. The Hall–Kier alpha value is -5.49. The third kappa shape index (κ3) is 11.2. The van der Waals surface area contributed by atoms with Crippen LogP contribution in [-0.2, 0) is 11.2 Å². The molecule has 12 nitrogen and oxygen atoms in total. The van der Waals surface area contributed by atoms with Crippen LogP contribution >= 0.6 is 0 Å². The third-order valence-electron chi connectivity index (χ3n) is 9.19. The van der Waals surface area contributed by atoms with Gasteiger partial charge in [-0.3, -0.25) is 14.4 Å². The Morgan fingerprint density at radius 2 is 1.60 bits per heavy atom. The van der Waals surface area contributed by atoms with Gasteiger partial charge >= 0.3 is 0 Å². The van der Waals surface area contributed by atoms with Crippen LogP contribution < -0.4 is 25.4 Å².